The van der Waals surface area contributed by atoms with Crippen LogP contribution < -0.4 is 5.32 Å². The average Bonchev–Trinajstić information content (AvgIpc) is 2.96. The van der Waals surface area contributed by atoms with Crippen molar-refractivity contribution in [1.82, 2.24) is 30.3 Å². The zero-order chi connectivity index (χ0) is 12.1. The summed E-state index contributed by atoms with van der Waals surface area (Å²) in [6.45, 7) is 3.00. The van der Waals surface area contributed by atoms with Crippen LogP contribution in [0.4, 0.5) is 0 Å². The van der Waals surface area contributed by atoms with Crippen molar-refractivity contribution in [1.29, 1.82) is 0 Å². The molecule has 2 N–H and O–H groups in total. The first-order valence-corrected chi connectivity index (χ1v) is 5.86. The summed E-state index contributed by atoms with van der Waals surface area (Å²) in [6, 6.07) is 2.26. The Labute approximate surface area is 100 Å². The van der Waals surface area contributed by atoms with E-state index < -0.39 is 0 Å². The van der Waals surface area contributed by atoms with Crippen molar-refractivity contribution in [3.8, 4) is 0 Å². The van der Waals surface area contributed by atoms with Crippen LogP contribution in [0.1, 0.15) is 30.9 Å². The topological polar surface area (TPSA) is 71.4 Å². The molecule has 0 spiro atoms. The molecule has 0 aromatic carbocycles. The van der Waals surface area contributed by atoms with Gasteiger partial charge in [0.2, 0.25) is 0 Å². The Hall–Kier alpha value is -1.69. The maximum Gasteiger partial charge on any atom is 0.141 e. The van der Waals surface area contributed by atoms with E-state index in [0.29, 0.717) is 0 Å². The number of H-pyrrole nitrogens is 1. The van der Waals surface area contributed by atoms with Gasteiger partial charge in [-0.05, 0) is 25.5 Å². The quantitative estimate of drug-likeness (QED) is 0.776. The second-order valence-electron chi connectivity index (χ2n) is 3.97. The molecule has 6 heteroatoms. The summed E-state index contributed by atoms with van der Waals surface area (Å²) >= 11 is 0. The minimum atomic E-state index is 0.220. The van der Waals surface area contributed by atoms with E-state index in [1.165, 1.54) is 5.69 Å². The fourth-order valence-corrected chi connectivity index (χ4v) is 1.90. The molecule has 0 saturated carbocycles. The summed E-state index contributed by atoms with van der Waals surface area (Å²) in [7, 11) is 1.96. The fraction of sp³-hybridized carbons (Fsp3) is 0.545. The predicted octanol–water partition coefficient (Wildman–Crippen LogP) is 0.822. The molecular weight excluding hydrogens is 216 g/mol. The molecule has 0 aliphatic heterocycles. The van der Waals surface area contributed by atoms with Gasteiger partial charge in [-0.25, -0.2) is 4.98 Å². The lowest BCUT2D eigenvalue weighted by atomic mass is 10.1. The van der Waals surface area contributed by atoms with Crippen LogP contribution in [0.2, 0.25) is 0 Å². The van der Waals surface area contributed by atoms with E-state index in [2.05, 4.69) is 32.5 Å². The largest absolute Gasteiger partial charge is 0.308 e. The third-order valence-electron chi connectivity index (χ3n) is 2.83. The lowest BCUT2D eigenvalue weighted by Gasteiger charge is -2.14. The van der Waals surface area contributed by atoms with Crippen molar-refractivity contribution in [2.45, 2.75) is 25.8 Å². The highest BCUT2D eigenvalue weighted by Gasteiger charge is 2.13. The number of hydrogen-bond acceptors (Lipinski definition) is 4. The molecule has 1 atom stereocenters. The van der Waals surface area contributed by atoms with Crippen LogP contribution in [-0.2, 0) is 13.5 Å². The Balaban J connectivity index is 1.97. The zero-order valence-electron chi connectivity index (χ0n) is 10.2. The summed E-state index contributed by atoms with van der Waals surface area (Å²) in [5.74, 6) is 0.897. The number of nitrogens with one attached hydrogen (secondary N) is 2. The normalized spacial score (nSPS) is 12.8. The molecule has 1 unspecified atom stereocenters. The highest BCUT2D eigenvalue weighted by Crippen LogP contribution is 2.14. The number of nitrogens with zero attached hydrogens (tertiary/aromatic N) is 4. The molecule has 0 bridgehead atoms. The first-order chi connectivity index (χ1) is 8.31. The van der Waals surface area contributed by atoms with Crippen molar-refractivity contribution < 1.29 is 0 Å². The van der Waals surface area contributed by atoms with Gasteiger partial charge in [-0.15, -0.1) is 0 Å². The molecule has 0 aliphatic carbocycles. The lowest BCUT2D eigenvalue weighted by Crippen LogP contribution is -2.23. The van der Waals surface area contributed by atoms with Crippen molar-refractivity contribution >= 4 is 0 Å². The van der Waals surface area contributed by atoms with Gasteiger partial charge in [0.15, 0.2) is 0 Å². The minimum Gasteiger partial charge on any atom is -0.308 e. The van der Waals surface area contributed by atoms with Crippen LogP contribution in [0.25, 0.3) is 0 Å². The smallest absolute Gasteiger partial charge is 0.141 e. The molecule has 2 rings (SSSR count). The number of hydrogen-bond donors (Lipinski definition) is 2. The molecule has 0 fully saturated rings. The van der Waals surface area contributed by atoms with E-state index in [9.17, 15) is 0 Å². The molecule has 0 saturated heterocycles. The van der Waals surface area contributed by atoms with Crippen LogP contribution in [0, 0.1) is 0 Å². The average molecular weight is 234 g/mol. The summed E-state index contributed by atoms with van der Waals surface area (Å²) in [5.41, 5.74) is 1.23. The second kappa shape index (κ2) is 5.58. The van der Waals surface area contributed by atoms with Crippen LogP contribution in [0.3, 0.4) is 0 Å². The van der Waals surface area contributed by atoms with Crippen LogP contribution >= 0.6 is 0 Å². The van der Waals surface area contributed by atoms with E-state index in [4.69, 9.17) is 0 Å². The maximum atomic E-state index is 4.21. The standard InChI is InChI=1S/C11H18N6/c1-3-12-10(11-13-8-14-16-11)5-4-9-6-7-15-17(9)2/h6-8,10,12H,3-5H2,1-2H3,(H,13,14,16). The van der Waals surface area contributed by atoms with Crippen molar-refractivity contribution in [3.63, 3.8) is 0 Å². The van der Waals surface area contributed by atoms with Crippen LogP contribution in [0.15, 0.2) is 18.6 Å². The van der Waals surface area contributed by atoms with Gasteiger partial charge in [0.05, 0.1) is 6.04 Å². The van der Waals surface area contributed by atoms with Crippen molar-refractivity contribution in [2.24, 2.45) is 7.05 Å². The third kappa shape index (κ3) is 2.91. The first-order valence-electron chi connectivity index (χ1n) is 5.86. The summed E-state index contributed by atoms with van der Waals surface area (Å²) in [4.78, 5) is 4.21. The zero-order valence-corrected chi connectivity index (χ0v) is 10.2. The fourth-order valence-electron chi connectivity index (χ4n) is 1.90. The molecule has 0 radical (unpaired) electrons. The van der Waals surface area contributed by atoms with Crippen LogP contribution in [0.5, 0.6) is 0 Å². The van der Waals surface area contributed by atoms with E-state index in [1.807, 2.05) is 24.0 Å². The van der Waals surface area contributed by atoms with Gasteiger partial charge in [0, 0.05) is 18.9 Å². The predicted molar refractivity (Wildman–Crippen MR) is 64.3 cm³/mol. The lowest BCUT2D eigenvalue weighted by molar-refractivity contribution is 0.484. The molecule has 6 nitrogen and oxygen atoms in total. The Morgan fingerprint density at radius 3 is 3.00 bits per heavy atom. The van der Waals surface area contributed by atoms with Gasteiger partial charge in [0.25, 0.3) is 0 Å². The van der Waals surface area contributed by atoms with Crippen LogP contribution in [-0.4, -0.2) is 31.5 Å². The Bertz CT molecular complexity index is 433. The highest BCUT2D eigenvalue weighted by molar-refractivity contribution is 5.02. The molecule has 2 heterocycles. The summed E-state index contributed by atoms with van der Waals surface area (Å²) in [5, 5.41) is 14.4. The monoisotopic (exact) mass is 234 g/mol. The van der Waals surface area contributed by atoms with Gasteiger partial charge in [-0.2, -0.15) is 10.2 Å². The molecule has 0 amide bonds. The van der Waals surface area contributed by atoms with Gasteiger partial charge >= 0.3 is 0 Å². The minimum absolute atomic E-state index is 0.220. The first kappa shape index (κ1) is 11.8. The highest BCUT2D eigenvalue weighted by atomic mass is 15.3. The Morgan fingerprint density at radius 1 is 1.53 bits per heavy atom. The third-order valence-corrected chi connectivity index (χ3v) is 2.83. The number of aromatic amines is 1. The Kier molecular flexibility index (Phi) is 3.87. The molecule has 0 aliphatic rings. The maximum absolute atomic E-state index is 4.21. The van der Waals surface area contributed by atoms with Gasteiger partial charge in [0.1, 0.15) is 12.2 Å². The van der Waals surface area contributed by atoms with E-state index in [0.717, 1.165) is 25.2 Å². The SMILES string of the molecule is CCNC(CCc1ccnn1C)c1ncn[nH]1. The van der Waals surface area contributed by atoms with E-state index >= 15 is 0 Å². The molecular formula is C11H18N6. The van der Waals surface area contributed by atoms with Gasteiger partial charge in [-0.1, -0.05) is 6.92 Å². The van der Waals surface area contributed by atoms with Crippen molar-refractivity contribution in [2.75, 3.05) is 6.54 Å². The Morgan fingerprint density at radius 2 is 2.41 bits per heavy atom. The molecule has 92 valence electrons. The van der Waals surface area contributed by atoms with E-state index in [1.54, 1.807) is 6.33 Å². The van der Waals surface area contributed by atoms with Gasteiger partial charge in [-0.3, -0.25) is 9.78 Å². The summed E-state index contributed by atoms with van der Waals surface area (Å²) < 4.78 is 1.91. The van der Waals surface area contributed by atoms with E-state index in [-0.39, 0.29) is 6.04 Å². The number of aryl methyl sites for hydroxylation is 2. The summed E-state index contributed by atoms with van der Waals surface area (Å²) in [6.07, 6.45) is 5.31. The second-order valence-corrected chi connectivity index (χ2v) is 3.97. The van der Waals surface area contributed by atoms with Gasteiger partial charge < -0.3 is 5.32 Å². The number of rotatable bonds is 6. The molecule has 2 aromatic heterocycles. The molecule has 17 heavy (non-hydrogen) atoms. The van der Waals surface area contributed by atoms with Crippen molar-refractivity contribution in [3.05, 3.63) is 30.1 Å². The number of aromatic nitrogens is 5. The molecule has 2 aromatic rings.